The Hall–Kier alpha value is -3.33. The van der Waals surface area contributed by atoms with Gasteiger partial charge in [-0.3, -0.25) is 9.78 Å². The Morgan fingerprint density at radius 1 is 1.23 bits per heavy atom. The monoisotopic (exact) mass is 293 g/mol. The number of fused-ring (bicyclic) bond motifs is 1. The third kappa shape index (κ3) is 2.88. The molecule has 22 heavy (non-hydrogen) atoms. The molecule has 0 fully saturated rings. The number of amides is 1. The van der Waals surface area contributed by atoms with E-state index in [1.807, 2.05) is 6.07 Å². The van der Waals surface area contributed by atoms with Crippen molar-refractivity contribution < 1.29 is 14.3 Å². The molecule has 0 saturated heterocycles. The van der Waals surface area contributed by atoms with E-state index in [0.717, 1.165) is 5.56 Å². The number of rotatable bonds is 3. The van der Waals surface area contributed by atoms with Gasteiger partial charge >= 0.3 is 0 Å². The molecule has 0 unspecified atom stereocenters. The number of hydrogen-bond donors (Lipinski definition) is 1. The summed E-state index contributed by atoms with van der Waals surface area (Å²) in [6, 6.07) is 10.4. The molecule has 1 aliphatic heterocycles. The molecule has 0 aliphatic carbocycles. The Labute approximate surface area is 126 Å². The highest BCUT2D eigenvalue weighted by molar-refractivity contribution is 6.09. The SMILES string of the molecule is N#C/C(=C\c1ccncc1)C(=O)Nc1ccc2c(c1)OCO2. The van der Waals surface area contributed by atoms with E-state index in [1.54, 1.807) is 42.7 Å². The molecule has 2 aromatic rings. The summed E-state index contributed by atoms with van der Waals surface area (Å²) < 4.78 is 10.4. The highest BCUT2D eigenvalue weighted by atomic mass is 16.7. The van der Waals surface area contributed by atoms with Crippen LogP contribution in [-0.2, 0) is 4.79 Å². The second-order valence-corrected chi connectivity index (χ2v) is 4.47. The van der Waals surface area contributed by atoms with Crippen molar-refractivity contribution in [3.05, 3.63) is 53.9 Å². The summed E-state index contributed by atoms with van der Waals surface area (Å²) in [4.78, 5) is 16.0. The molecule has 0 saturated carbocycles. The van der Waals surface area contributed by atoms with Gasteiger partial charge < -0.3 is 14.8 Å². The number of nitriles is 1. The highest BCUT2D eigenvalue weighted by Gasteiger charge is 2.15. The molecule has 0 spiro atoms. The summed E-state index contributed by atoms with van der Waals surface area (Å²) in [6.07, 6.45) is 4.69. The summed E-state index contributed by atoms with van der Waals surface area (Å²) in [5, 5.41) is 11.8. The third-order valence-electron chi connectivity index (χ3n) is 3.01. The van der Waals surface area contributed by atoms with Crippen molar-refractivity contribution in [3.8, 4) is 17.6 Å². The Morgan fingerprint density at radius 2 is 2.00 bits per heavy atom. The quantitative estimate of drug-likeness (QED) is 0.693. The Morgan fingerprint density at radius 3 is 2.77 bits per heavy atom. The minimum absolute atomic E-state index is 0.00358. The predicted molar refractivity (Wildman–Crippen MR) is 79.0 cm³/mol. The number of carbonyl (C=O) groups is 1. The normalized spacial score (nSPS) is 12.6. The fourth-order valence-electron chi connectivity index (χ4n) is 1.95. The van der Waals surface area contributed by atoms with Crippen LogP contribution >= 0.6 is 0 Å². The van der Waals surface area contributed by atoms with E-state index in [1.165, 1.54) is 6.08 Å². The lowest BCUT2D eigenvalue weighted by molar-refractivity contribution is -0.112. The third-order valence-corrected chi connectivity index (χ3v) is 3.01. The summed E-state index contributed by atoms with van der Waals surface area (Å²) in [6.45, 7) is 0.165. The second-order valence-electron chi connectivity index (χ2n) is 4.47. The van der Waals surface area contributed by atoms with Crippen LogP contribution in [0, 0.1) is 11.3 Å². The molecule has 0 atom stereocenters. The van der Waals surface area contributed by atoms with Crippen LogP contribution in [0.25, 0.3) is 6.08 Å². The summed E-state index contributed by atoms with van der Waals surface area (Å²) >= 11 is 0. The fraction of sp³-hybridized carbons (Fsp3) is 0.0625. The van der Waals surface area contributed by atoms with Gasteiger partial charge in [-0.25, -0.2) is 0 Å². The number of nitrogens with one attached hydrogen (secondary N) is 1. The molecule has 1 aromatic heterocycles. The molecule has 1 N–H and O–H groups in total. The number of aromatic nitrogens is 1. The summed E-state index contributed by atoms with van der Waals surface area (Å²) in [7, 11) is 0. The fourth-order valence-corrected chi connectivity index (χ4v) is 1.95. The molecule has 6 nitrogen and oxygen atoms in total. The van der Waals surface area contributed by atoms with Crippen molar-refractivity contribution in [1.82, 2.24) is 4.98 Å². The minimum atomic E-state index is -0.488. The van der Waals surface area contributed by atoms with Crippen LogP contribution in [-0.4, -0.2) is 17.7 Å². The molecule has 1 aliphatic rings. The van der Waals surface area contributed by atoms with E-state index in [4.69, 9.17) is 14.7 Å². The first-order valence-electron chi connectivity index (χ1n) is 6.49. The van der Waals surface area contributed by atoms with Gasteiger partial charge in [-0.2, -0.15) is 5.26 Å². The molecule has 3 rings (SSSR count). The van der Waals surface area contributed by atoms with Crippen LogP contribution in [0.1, 0.15) is 5.56 Å². The maximum Gasteiger partial charge on any atom is 0.266 e. The number of ether oxygens (including phenoxy) is 2. The van der Waals surface area contributed by atoms with Gasteiger partial charge in [-0.1, -0.05) is 0 Å². The largest absolute Gasteiger partial charge is 0.454 e. The average molecular weight is 293 g/mol. The van der Waals surface area contributed by atoms with E-state index >= 15 is 0 Å². The summed E-state index contributed by atoms with van der Waals surface area (Å²) in [5.41, 5.74) is 1.27. The maximum absolute atomic E-state index is 12.2. The standard InChI is InChI=1S/C16H11N3O3/c17-9-12(7-11-3-5-18-6-4-11)16(20)19-13-1-2-14-15(8-13)22-10-21-14/h1-8H,10H2,(H,19,20)/b12-7+. The van der Waals surface area contributed by atoms with Crippen molar-refractivity contribution in [1.29, 1.82) is 5.26 Å². The van der Waals surface area contributed by atoms with E-state index in [-0.39, 0.29) is 12.4 Å². The van der Waals surface area contributed by atoms with Gasteiger partial charge in [0.1, 0.15) is 11.6 Å². The molecule has 0 bridgehead atoms. The molecule has 6 heteroatoms. The van der Waals surface area contributed by atoms with Gasteiger partial charge in [0.25, 0.3) is 5.91 Å². The molecule has 1 amide bonds. The number of benzene rings is 1. The van der Waals surface area contributed by atoms with Crippen LogP contribution in [0.3, 0.4) is 0 Å². The first kappa shape index (κ1) is 13.6. The lowest BCUT2D eigenvalue weighted by Crippen LogP contribution is -2.13. The molecule has 1 aromatic carbocycles. The van der Waals surface area contributed by atoms with Crippen LogP contribution < -0.4 is 14.8 Å². The van der Waals surface area contributed by atoms with Crippen LogP contribution in [0.4, 0.5) is 5.69 Å². The van der Waals surface area contributed by atoms with Gasteiger partial charge in [-0.05, 0) is 35.9 Å². The van der Waals surface area contributed by atoms with Crippen LogP contribution in [0.15, 0.2) is 48.3 Å². The van der Waals surface area contributed by atoms with Gasteiger partial charge in [0, 0.05) is 24.1 Å². The highest BCUT2D eigenvalue weighted by Crippen LogP contribution is 2.34. The van der Waals surface area contributed by atoms with Gasteiger partial charge in [-0.15, -0.1) is 0 Å². The lowest BCUT2D eigenvalue weighted by Gasteiger charge is -2.05. The van der Waals surface area contributed by atoms with Crippen molar-refractivity contribution in [2.24, 2.45) is 0 Å². The zero-order chi connectivity index (χ0) is 15.4. The number of hydrogen-bond acceptors (Lipinski definition) is 5. The van der Waals surface area contributed by atoms with Crippen molar-refractivity contribution in [2.45, 2.75) is 0 Å². The van der Waals surface area contributed by atoms with Crippen molar-refractivity contribution in [2.75, 3.05) is 12.1 Å². The van der Waals surface area contributed by atoms with Crippen LogP contribution in [0.5, 0.6) is 11.5 Å². The van der Waals surface area contributed by atoms with Crippen LogP contribution in [0.2, 0.25) is 0 Å². The Balaban J connectivity index is 1.78. The zero-order valence-electron chi connectivity index (χ0n) is 11.4. The molecule has 108 valence electrons. The van der Waals surface area contributed by atoms with E-state index in [9.17, 15) is 4.79 Å². The van der Waals surface area contributed by atoms with Gasteiger partial charge in [0.05, 0.1) is 0 Å². The smallest absolute Gasteiger partial charge is 0.266 e. The minimum Gasteiger partial charge on any atom is -0.454 e. The van der Waals surface area contributed by atoms with Gasteiger partial charge in [0.15, 0.2) is 11.5 Å². The van der Waals surface area contributed by atoms with Gasteiger partial charge in [0.2, 0.25) is 6.79 Å². The second kappa shape index (κ2) is 5.97. The van der Waals surface area contributed by atoms with E-state index in [2.05, 4.69) is 10.3 Å². The van der Waals surface area contributed by atoms with E-state index < -0.39 is 5.91 Å². The molecular formula is C16H11N3O3. The van der Waals surface area contributed by atoms with E-state index in [0.29, 0.717) is 17.2 Å². The Bertz CT molecular complexity index is 779. The molecule has 0 radical (unpaired) electrons. The first-order valence-corrected chi connectivity index (χ1v) is 6.49. The maximum atomic E-state index is 12.2. The lowest BCUT2D eigenvalue weighted by atomic mass is 10.1. The topological polar surface area (TPSA) is 84.2 Å². The van der Waals surface area contributed by atoms with Crippen molar-refractivity contribution >= 4 is 17.7 Å². The molecular weight excluding hydrogens is 282 g/mol. The predicted octanol–water partition coefficient (Wildman–Crippen LogP) is 2.36. The van der Waals surface area contributed by atoms with Crippen molar-refractivity contribution in [3.63, 3.8) is 0 Å². The average Bonchev–Trinajstić information content (AvgIpc) is 3.01. The zero-order valence-corrected chi connectivity index (χ0v) is 11.4. The number of carbonyl (C=O) groups excluding carboxylic acids is 1. The first-order chi connectivity index (χ1) is 10.8. The molecule has 2 heterocycles. The number of nitrogens with zero attached hydrogens (tertiary/aromatic N) is 2. The Kier molecular flexibility index (Phi) is 3.70. The summed E-state index contributed by atoms with van der Waals surface area (Å²) in [5.74, 6) is 0.707. The number of anilines is 1. The number of pyridine rings is 1.